The van der Waals surface area contributed by atoms with Crippen LogP contribution in [0.1, 0.15) is 15.9 Å². The maximum absolute atomic E-state index is 13.0. The molecular weight excluding hydrogens is 440 g/mol. The topological polar surface area (TPSA) is 95.1 Å². The molecule has 0 unspecified atom stereocenters. The van der Waals surface area contributed by atoms with Crippen molar-refractivity contribution < 1.29 is 9.59 Å². The molecule has 2 aliphatic heterocycles. The molecule has 2 saturated heterocycles. The Hall–Kier alpha value is -4.33. The third-order valence-corrected chi connectivity index (χ3v) is 7.00. The summed E-state index contributed by atoms with van der Waals surface area (Å²) in [6.45, 7) is 2.70. The number of H-pyrrole nitrogens is 1. The van der Waals surface area contributed by atoms with Gasteiger partial charge in [-0.1, -0.05) is 29.5 Å². The van der Waals surface area contributed by atoms with E-state index in [4.69, 9.17) is 0 Å². The summed E-state index contributed by atoms with van der Waals surface area (Å²) in [4.78, 5) is 33.7. The van der Waals surface area contributed by atoms with Crippen molar-refractivity contribution in [2.45, 2.75) is 0 Å². The van der Waals surface area contributed by atoms with Crippen LogP contribution in [0.2, 0.25) is 0 Å². The van der Waals surface area contributed by atoms with E-state index in [0.29, 0.717) is 49.1 Å². The SMILES string of the molecule is O=C(C=Cc1ccc(-c2ccncc2)cc1)N1C[C@@H]2CN(C(=O)c3ccc4[nH]nnc4c3)C[C@H]2C1. The molecule has 0 saturated carbocycles. The molecule has 2 aromatic heterocycles. The molecule has 0 spiro atoms. The summed E-state index contributed by atoms with van der Waals surface area (Å²) in [6.07, 6.45) is 7.07. The Balaban J connectivity index is 1.05. The van der Waals surface area contributed by atoms with Crippen LogP contribution in [0.3, 0.4) is 0 Å². The molecule has 1 N–H and O–H groups in total. The lowest BCUT2D eigenvalue weighted by atomic mass is 10.0. The van der Waals surface area contributed by atoms with Crippen LogP contribution in [-0.4, -0.2) is 68.2 Å². The Bertz CT molecular complexity index is 1400. The van der Waals surface area contributed by atoms with Gasteiger partial charge in [0.25, 0.3) is 5.91 Å². The van der Waals surface area contributed by atoms with Crippen LogP contribution >= 0.6 is 0 Å². The minimum atomic E-state index is 0.0114. The average molecular weight is 465 g/mol. The number of carbonyl (C=O) groups excluding carboxylic acids is 2. The molecule has 174 valence electrons. The molecule has 4 aromatic rings. The molecule has 35 heavy (non-hydrogen) atoms. The van der Waals surface area contributed by atoms with Crippen molar-refractivity contribution in [1.29, 1.82) is 0 Å². The molecule has 8 heteroatoms. The van der Waals surface area contributed by atoms with Gasteiger partial charge in [-0.15, -0.1) is 5.10 Å². The van der Waals surface area contributed by atoms with Crippen LogP contribution in [0.5, 0.6) is 0 Å². The van der Waals surface area contributed by atoms with Crippen LogP contribution < -0.4 is 0 Å². The van der Waals surface area contributed by atoms with Crippen LogP contribution in [0.15, 0.2) is 73.1 Å². The van der Waals surface area contributed by atoms with Gasteiger partial charge in [0.05, 0.1) is 5.52 Å². The molecule has 0 aliphatic carbocycles. The highest BCUT2D eigenvalue weighted by Gasteiger charge is 2.42. The lowest BCUT2D eigenvalue weighted by Gasteiger charge is -2.21. The summed E-state index contributed by atoms with van der Waals surface area (Å²) in [5.41, 5.74) is 5.33. The Labute approximate surface area is 202 Å². The van der Waals surface area contributed by atoms with Crippen molar-refractivity contribution in [2.24, 2.45) is 11.8 Å². The Morgan fingerprint density at radius 2 is 1.54 bits per heavy atom. The van der Waals surface area contributed by atoms with Gasteiger partial charge >= 0.3 is 0 Å². The highest BCUT2D eigenvalue weighted by atomic mass is 16.2. The Morgan fingerprint density at radius 1 is 0.857 bits per heavy atom. The van der Waals surface area contributed by atoms with Gasteiger partial charge in [-0.05, 0) is 53.1 Å². The largest absolute Gasteiger partial charge is 0.338 e. The van der Waals surface area contributed by atoms with Crippen molar-refractivity contribution >= 4 is 28.9 Å². The first-order chi connectivity index (χ1) is 17.1. The molecule has 2 fully saturated rings. The predicted octanol–water partition coefficient (Wildman–Crippen LogP) is 3.26. The number of hydrogen-bond acceptors (Lipinski definition) is 5. The average Bonchev–Trinajstić information content (AvgIpc) is 3.62. The van der Waals surface area contributed by atoms with E-state index in [0.717, 1.165) is 22.2 Å². The second kappa shape index (κ2) is 8.79. The van der Waals surface area contributed by atoms with E-state index in [2.05, 4.69) is 20.4 Å². The number of nitrogens with zero attached hydrogens (tertiary/aromatic N) is 5. The van der Waals surface area contributed by atoms with Crippen LogP contribution in [-0.2, 0) is 4.79 Å². The minimum absolute atomic E-state index is 0.0114. The van der Waals surface area contributed by atoms with E-state index in [1.165, 1.54) is 0 Å². The fraction of sp³-hybridized carbons (Fsp3) is 0.222. The minimum Gasteiger partial charge on any atom is -0.338 e. The summed E-state index contributed by atoms with van der Waals surface area (Å²) in [6, 6.07) is 17.5. The van der Waals surface area contributed by atoms with Crippen LogP contribution in [0.25, 0.3) is 28.2 Å². The van der Waals surface area contributed by atoms with Gasteiger partial charge in [0.2, 0.25) is 5.91 Å². The molecule has 8 nitrogen and oxygen atoms in total. The zero-order valence-electron chi connectivity index (χ0n) is 19.0. The van der Waals surface area contributed by atoms with Gasteiger partial charge in [-0.3, -0.25) is 19.7 Å². The Morgan fingerprint density at radius 3 is 2.29 bits per heavy atom. The van der Waals surface area contributed by atoms with Gasteiger partial charge in [0, 0.05) is 62.0 Å². The molecule has 2 amide bonds. The third-order valence-electron chi connectivity index (χ3n) is 7.00. The lowest BCUT2D eigenvalue weighted by Crippen LogP contribution is -2.35. The molecule has 2 atom stereocenters. The van der Waals surface area contributed by atoms with Crippen LogP contribution in [0.4, 0.5) is 0 Å². The summed E-state index contributed by atoms with van der Waals surface area (Å²) in [5.74, 6) is 0.655. The first-order valence-corrected chi connectivity index (χ1v) is 11.7. The van der Waals surface area contributed by atoms with Crippen molar-refractivity contribution in [2.75, 3.05) is 26.2 Å². The lowest BCUT2D eigenvalue weighted by molar-refractivity contribution is -0.125. The van der Waals surface area contributed by atoms with Crippen molar-refractivity contribution in [3.8, 4) is 11.1 Å². The number of hydrogen-bond donors (Lipinski definition) is 1. The smallest absolute Gasteiger partial charge is 0.253 e. The van der Waals surface area contributed by atoms with E-state index in [1.807, 2.05) is 64.4 Å². The predicted molar refractivity (Wildman–Crippen MR) is 132 cm³/mol. The fourth-order valence-electron chi connectivity index (χ4n) is 5.10. The summed E-state index contributed by atoms with van der Waals surface area (Å²) in [5, 5.41) is 10.6. The normalized spacial score (nSPS) is 19.5. The van der Waals surface area contributed by atoms with E-state index in [1.54, 1.807) is 24.5 Å². The third kappa shape index (κ3) is 4.19. The molecular formula is C27H24N6O2. The maximum atomic E-state index is 13.0. The van der Waals surface area contributed by atoms with Gasteiger partial charge in [-0.25, -0.2) is 0 Å². The first-order valence-electron chi connectivity index (χ1n) is 11.7. The number of rotatable bonds is 4. The summed E-state index contributed by atoms with van der Waals surface area (Å²) >= 11 is 0. The van der Waals surface area contributed by atoms with Gasteiger partial charge in [-0.2, -0.15) is 0 Å². The number of pyridine rings is 1. The van der Waals surface area contributed by atoms with Gasteiger partial charge in [0.15, 0.2) is 0 Å². The van der Waals surface area contributed by atoms with Gasteiger partial charge in [0.1, 0.15) is 5.52 Å². The quantitative estimate of drug-likeness (QED) is 0.468. The summed E-state index contributed by atoms with van der Waals surface area (Å²) < 4.78 is 0. The molecule has 2 aromatic carbocycles. The van der Waals surface area contributed by atoms with E-state index < -0.39 is 0 Å². The molecule has 0 bridgehead atoms. The summed E-state index contributed by atoms with van der Waals surface area (Å²) in [7, 11) is 0. The number of aromatic nitrogens is 4. The molecule has 6 rings (SSSR count). The maximum Gasteiger partial charge on any atom is 0.253 e. The zero-order chi connectivity index (χ0) is 23.8. The molecule has 0 radical (unpaired) electrons. The van der Waals surface area contributed by atoms with Crippen molar-refractivity contribution in [1.82, 2.24) is 30.2 Å². The monoisotopic (exact) mass is 464 g/mol. The highest BCUT2D eigenvalue weighted by Crippen LogP contribution is 2.32. The number of benzene rings is 2. The molecule has 4 heterocycles. The second-order valence-electron chi connectivity index (χ2n) is 9.21. The number of amides is 2. The van der Waals surface area contributed by atoms with Crippen molar-refractivity contribution in [3.05, 3.63) is 84.2 Å². The standard InChI is InChI=1S/C27H24N6O2/c34-26(8-3-18-1-4-19(5-2-18)20-9-11-28-12-10-20)32-14-22-16-33(17-23(22)15-32)27(35)21-6-7-24-25(13-21)30-31-29-24/h1-13,22-23H,14-17H2,(H,29,30,31)/t22-,23-/m1/s1. The Kier molecular flexibility index (Phi) is 5.33. The van der Waals surface area contributed by atoms with E-state index >= 15 is 0 Å². The molecule has 2 aliphatic rings. The number of aromatic amines is 1. The number of likely N-dealkylation sites (tertiary alicyclic amines) is 2. The fourth-order valence-corrected chi connectivity index (χ4v) is 5.10. The van der Waals surface area contributed by atoms with Crippen molar-refractivity contribution in [3.63, 3.8) is 0 Å². The van der Waals surface area contributed by atoms with E-state index in [-0.39, 0.29) is 11.8 Å². The first kappa shape index (κ1) is 21.2. The number of fused-ring (bicyclic) bond motifs is 2. The van der Waals surface area contributed by atoms with E-state index in [9.17, 15) is 9.59 Å². The highest BCUT2D eigenvalue weighted by molar-refractivity contribution is 5.97. The van der Waals surface area contributed by atoms with Crippen LogP contribution in [0, 0.1) is 11.8 Å². The number of nitrogens with one attached hydrogen (secondary N) is 1. The zero-order valence-corrected chi connectivity index (χ0v) is 19.0. The number of carbonyl (C=O) groups is 2. The van der Waals surface area contributed by atoms with Gasteiger partial charge < -0.3 is 9.80 Å². The second-order valence-corrected chi connectivity index (χ2v) is 9.21.